The molecule has 0 amide bonds. The predicted molar refractivity (Wildman–Crippen MR) is 88.0 cm³/mol. The van der Waals surface area contributed by atoms with Crippen molar-refractivity contribution in [1.82, 2.24) is 0 Å². The van der Waals surface area contributed by atoms with Gasteiger partial charge in [-0.15, -0.1) is 0 Å². The minimum atomic E-state index is 0.341. The molecule has 0 aliphatic heterocycles. The fraction of sp³-hybridized carbons (Fsp3) is 0.947. The molecule has 4 fully saturated rings. The summed E-state index contributed by atoms with van der Waals surface area (Å²) >= 11 is 0. The average Bonchev–Trinajstić information content (AvgIpc) is 2.83. The smallest absolute Gasteiger partial charge is 0.0437 e. The zero-order valence-electron chi connectivity index (χ0n) is 13.9. The van der Waals surface area contributed by atoms with Crippen molar-refractivity contribution in [2.75, 3.05) is 0 Å². The van der Waals surface area contributed by atoms with E-state index in [1.54, 1.807) is 0 Å². The average molecular weight is 288 g/mol. The fourth-order valence-electron chi connectivity index (χ4n) is 7.30. The Balaban J connectivity index is 1.66. The lowest BCUT2D eigenvalue weighted by atomic mass is 9.45. The van der Waals surface area contributed by atoms with Crippen LogP contribution in [-0.4, -0.2) is 5.71 Å². The van der Waals surface area contributed by atoms with Crippen molar-refractivity contribution in [2.24, 2.45) is 45.4 Å². The van der Waals surface area contributed by atoms with E-state index in [0.29, 0.717) is 10.8 Å². The van der Waals surface area contributed by atoms with Crippen LogP contribution in [0.3, 0.4) is 0 Å². The van der Waals surface area contributed by atoms with E-state index in [1.165, 1.54) is 69.9 Å². The minimum absolute atomic E-state index is 0.341. The Labute approximate surface area is 129 Å². The van der Waals surface area contributed by atoms with Crippen LogP contribution in [0.2, 0.25) is 0 Å². The van der Waals surface area contributed by atoms with Gasteiger partial charge in [0.15, 0.2) is 0 Å². The number of hydrazone groups is 1. The van der Waals surface area contributed by atoms with Crippen LogP contribution in [-0.2, 0) is 0 Å². The van der Waals surface area contributed by atoms with Crippen LogP contribution in [0.25, 0.3) is 0 Å². The lowest BCUT2D eigenvalue weighted by molar-refractivity contribution is -0.0936. The van der Waals surface area contributed by atoms with Gasteiger partial charge in [0, 0.05) is 11.1 Å². The van der Waals surface area contributed by atoms with Gasteiger partial charge in [0.1, 0.15) is 0 Å². The quantitative estimate of drug-likeness (QED) is 0.507. The zero-order chi connectivity index (χ0) is 14.7. The highest BCUT2D eigenvalue weighted by Gasteiger charge is 2.58. The largest absolute Gasteiger partial charge is 0.323 e. The van der Waals surface area contributed by atoms with E-state index in [0.717, 1.165) is 23.7 Å². The van der Waals surface area contributed by atoms with E-state index in [4.69, 9.17) is 5.84 Å². The second kappa shape index (κ2) is 4.73. The van der Waals surface area contributed by atoms with Crippen LogP contribution < -0.4 is 5.84 Å². The molecule has 118 valence electrons. The van der Waals surface area contributed by atoms with Crippen molar-refractivity contribution in [2.45, 2.75) is 78.1 Å². The first-order valence-electron chi connectivity index (χ1n) is 9.37. The van der Waals surface area contributed by atoms with Gasteiger partial charge in [-0.3, -0.25) is 0 Å². The molecule has 6 atom stereocenters. The molecule has 21 heavy (non-hydrogen) atoms. The Hall–Kier alpha value is -0.530. The van der Waals surface area contributed by atoms with Gasteiger partial charge in [-0.2, -0.15) is 5.10 Å². The third-order valence-corrected chi connectivity index (χ3v) is 8.48. The predicted octanol–water partition coefficient (Wildman–Crippen LogP) is 4.73. The van der Waals surface area contributed by atoms with Crippen molar-refractivity contribution in [3.63, 3.8) is 0 Å². The molecule has 4 aliphatic carbocycles. The van der Waals surface area contributed by atoms with Crippen LogP contribution >= 0.6 is 0 Å². The Morgan fingerprint density at radius 1 is 0.952 bits per heavy atom. The van der Waals surface area contributed by atoms with E-state index in [2.05, 4.69) is 18.9 Å². The number of nitrogens with zero attached hydrogens (tertiary/aromatic N) is 1. The first kappa shape index (κ1) is 14.1. The molecule has 0 saturated heterocycles. The monoisotopic (exact) mass is 288 g/mol. The summed E-state index contributed by atoms with van der Waals surface area (Å²) in [6.45, 7) is 5.13. The standard InChI is InChI=1S/C19H32N2/c1-18-11-4-3-5-13(18)6-7-14-15-8-9-17(21-20)19(15,2)12-10-16(14)18/h13-16H,3-12,20H2,1-2H3/b21-17-/t13-,14+,15+,16+,18+,19+/m1/s1. The summed E-state index contributed by atoms with van der Waals surface area (Å²) in [5, 5.41) is 4.20. The van der Waals surface area contributed by atoms with E-state index in [9.17, 15) is 0 Å². The van der Waals surface area contributed by atoms with E-state index in [-0.39, 0.29) is 0 Å². The molecule has 2 N–H and O–H groups in total. The summed E-state index contributed by atoms with van der Waals surface area (Å²) < 4.78 is 0. The molecule has 0 heterocycles. The van der Waals surface area contributed by atoms with Gasteiger partial charge >= 0.3 is 0 Å². The van der Waals surface area contributed by atoms with Crippen LogP contribution in [0.1, 0.15) is 78.1 Å². The van der Waals surface area contributed by atoms with Crippen LogP contribution in [0.5, 0.6) is 0 Å². The summed E-state index contributed by atoms with van der Waals surface area (Å²) in [6.07, 6.45) is 14.3. The lowest BCUT2D eigenvalue weighted by Crippen LogP contribution is -2.52. The normalized spacial score (nSPS) is 54.9. The minimum Gasteiger partial charge on any atom is -0.323 e. The van der Waals surface area contributed by atoms with Gasteiger partial charge in [0.05, 0.1) is 0 Å². The number of hydrogen-bond acceptors (Lipinski definition) is 2. The van der Waals surface area contributed by atoms with Crippen LogP contribution in [0, 0.1) is 34.5 Å². The molecule has 0 radical (unpaired) electrons. The van der Waals surface area contributed by atoms with E-state index in [1.807, 2.05) is 0 Å². The molecule has 4 saturated carbocycles. The van der Waals surface area contributed by atoms with Gasteiger partial charge in [-0.05, 0) is 80.5 Å². The second-order valence-corrected chi connectivity index (χ2v) is 8.97. The summed E-state index contributed by atoms with van der Waals surface area (Å²) in [6, 6.07) is 0. The van der Waals surface area contributed by atoms with Gasteiger partial charge in [-0.1, -0.05) is 26.7 Å². The molecule has 0 bridgehead atoms. The van der Waals surface area contributed by atoms with Crippen molar-refractivity contribution in [1.29, 1.82) is 0 Å². The molecular weight excluding hydrogens is 256 g/mol. The number of fused-ring (bicyclic) bond motifs is 5. The highest BCUT2D eigenvalue weighted by atomic mass is 15.1. The third-order valence-electron chi connectivity index (χ3n) is 8.48. The maximum atomic E-state index is 5.71. The highest BCUT2D eigenvalue weighted by Crippen LogP contribution is 2.65. The number of hydrogen-bond donors (Lipinski definition) is 1. The summed E-state index contributed by atoms with van der Waals surface area (Å²) in [4.78, 5) is 0. The molecule has 0 aromatic rings. The van der Waals surface area contributed by atoms with Crippen molar-refractivity contribution in [3.05, 3.63) is 0 Å². The maximum Gasteiger partial charge on any atom is 0.0437 e. The molecule has 0 aromatic carbocycles. The Morgan fingerprint density at radius 3 is 2.62 bits per heavy atom. The first-order chi connectivity index (χ1) is 10.1. The SMILES string of the molecule is C[C@]12CCCC[C@@H]1CC[C@@H]1[C@@H]2CC[C@]2(C)/C(=N\N)CC[C@@H]12. The van der Waals surface area contributed by atoms with Crippen molar-refractivity contribution in [3.8, 4) is 0 Å². The Bertz CT molecular complexity index is 456. The molecule has 2 nitrogen and oxygen atoms in total. The Kier molecular flexibility index (Phi) is 3.17. The van der Waals surface area contributed by atoms with Gasteiger partial charge in [0.2, 0.25) is 0 Å². The molecule has 4 aliphatic rings. The third kappa shape index (κ3) is 1.80. The maximum absolute atomic E-state index is 5.71. The van der Waals surface area contributed by atoms with Crippen LogP contribution in [0.15, 0.2) is 5.10 Å². The Morgan fingerprint density at radius 2 is 1.81 bits per heavy atom. The van der Waals surface area contributed by atoms with Crippen LogP contribution in [0.4, 0.5) is 0 Å². The van der Waals surface area contributed by atoms with Gasteiger partial charge in [0.25, 0.3) is 0 Å². The summed E-state index contributed by atoms with van der Waals surface area (Å²) in [5.74, 6) is 9.57. The fourth-order valence-corrected chi connectivity index (χ4v) is 7.30. The van der Waals surface area contributed by atoms with Gasteiger partial charge < -0.3 is 5.84 Å². The summed E-state index contributed by atoms with van der Waals surface area (Å²) in [7, 11) is 0. The molecule has 0 spiro atoms. The molecule has 4 rings (SSSR count). The van der Waals surface area contributed by atoms with E-state index >= 15 is 0 Å². The van der Waals surface area contributed by atoms with E-state index < -0.39 is 0 Å². The van der Waals surface area contributed by atoms with Crippen molar-refractivity contribution < 1.29 is 0 Å². The number of rotatable bonds is 0. The van der Waals surface area contributed by atoms with Gasteiger partial charge in [-0.25, -0.2) is 0 Å². The number of nitrogens with two attached hydrogens (primary N) is 1. The molecular formula is C19H32N2. The molecule has 2 heteroatoms. The topological polar surface area (TPSA) is 38.4 Å². The summed E-state index contributed by atoms with van der Waals surface area (Å²) in [5.41, 5.74) is 2.33. The molecule has 0 aromatic heterocycles. The van der Waals surface area contributed by atoms with Crippen molar-refractivity contribution >= 4 is 5.71 Å². The lowest BCUT2D eigenvalue weighted by Gasteiger charge is -2.59. The highest BCUT2D eigenvalue weighted by molar-refractivity contribution is 5.92. The zero-order valence-corrected chi connectivity index (χ0v) is 13.9. The molecule has 0 unspecified atom stereocenters. The first-order valence-corrected chi connectivity index (χ1v) is 9.37. The second-order valence-electron chi connectivity index (χ2n) is 8.97.